The number of ether oxygens (including phenoxy) is 3. The molecule has 0 heterocycles. The van der Waals surface area contributed by atoms with Crippen molar-refractivity contribution < 1.29 is 19.0 Å². The molecule has 5 heteroatoms. The molecule has 0 aromatic heterocycles. The van der Waals surface area contributed by atoms with Crippen molar-refractivity contribution in [2.45, 2.75) is 46.1 Å². The summed E-state index contributed by atoms with van der Waals surface area (Å²) in [5, 5.41) is 3.39. The van der Waals surface area contributed by atoms with E-state index in [0.717, 1.165) is 25.1 Å². The number of hydrogen-bond donors (Lipinski definition) is 1. The molecule has 0 aliphatic rings. The molecule has 1 N–H and O–H groups in total. The van der Waals surface area contributed by atoms with Crippen LogP contribution in [0, 0.1) is 0 Å². The lowest BCUT2D eigenvalue weighted by atomic mass is 10.1. The largest absolute Gasteiger partial charge is 0.494 e. The van der Waals surface area contributed by atoms with Crippen LogP contribution in [0.3, 0.4) is 0 Å². The summed E-state index contributed by atoms with van der Waals surface area (Å²) >= 11 is 0. The lowest BCUT2D eigenvalue weighted by Gasteiger charge is -2.13. The quantitative estimate of drug-likeness (QED) is 0.490. The van der Waals surface area contributed by atoms with E-state index in [1.54, 1.807) is 0 Å². The van der Waals surface area contributed by atoms with Crippen LogP contribution in [-0.4, -0.2) is 45.4 Å². The number of hydrogen-bond acceptors (Lipinski definition) is 5. The highest BCUT2D eigenvalue weighted by atomic mass is 16.5. The van der Waals surface area contributed by atoms with Gasteiger partial charge in [0.1, 0.15) is 12.4 Å². The Morgan fingerprint density at radius 1 is 1.00 bits per heavy atom. The normalized spacial score (nSPS) is 12.1. The third-order valence-electron chi connectivity index (χ3n) is 3.83. The summed E-state index contributed by atoms with van der Waals surface area (Å²) in [6.45, 7) is 9.82. The van der Waals surface area contributed by atoms with Crippen LogP contribution in [-0.2, 0) is 14.3 Å². The smallest absolute Gasteiger partial charge is 0.158 e. The number of rotatable bonds is 15. The van der Waals surface area contributed by atoms with Gasteiger partial charge in [-0.05, 0) is 37.6 Å². The standard InChI is InChI=1S/C20H33NO4/c1-4-19(22)16-24-14-6-12-23-13-7-15-25-20-10-8-18(9-11-20)17(3)21-5-2/h8-11,17,21H,4-7,12-16H2,1-3H3/t17-/m1/s1. The fourth-order valence-corrected chi connectivity index (χ4v) is 2.28. The predicted octanol–water partition coefficient (Wildman–Crippen LogP) is 3.53. The Kier molecular flexibility index (Phi) is 11.9. The van der Waals surface area contributed by atoms with Gasteiger partial charge in [0.05, 0.1) is 6.61 Å². The third-order valence-corrected chi connectivity index (χ3v) is 3.83. The summed E-state index contributed by atoms with van der Waals surface area (Å²) in [5.41, 5.74) is 1.26. The van der Waals surface area contributed by atoms with Crippen molar-refractivity contribution in [3.63, 3.8) is 0 Å². The van der Waals surface area contributed by atoms with Crippen molar-refractivity contribution in [2.75, 3.05) is 39.6 Å². The molecule has 0 saturated carbocycles. The summed E-state index contributed by atoms with van der Waals surface area (Å²) in [6, 6.07) is 8.58. The maximum Gasteiger partial charge on any atom is 0.158 e. The fraction of sp³-hybridized carbons (Fsp3) is 0.650. The molecule has 1 rings (SSSR count). The Balaban J connectivity index is 2.00. The average Bonchev–Trinajstić information content (AvgIpc) is 2.63. The van der Waals surface area contributed by atoms with Crippen molar-refractivity contribution in [2.24, 2.45) is 0 Å². The number of carbonyl (C=O) groups excluding carboxylic acids is 1. The molecule has 0 bridgehead atoms. The minimum Gasteiger partial charge on any atom is -0.494 e. The van der Waals surface area contributed by atoms with E-state index in [1.807, 2.05) is 19.1 Å². The molecule has 1 aromatic rings. The molecule has 25 heavy (non-hydrogen) atoms. The topological polar surface area (TPSA) is 56.8 Å². The molecule has 0 saturated heterocycles. The fourth-order valence-electron chi connectivity index (χ4n) is 2.28. The lowest BCUT2D eigenvalue weighted by molar-refractivity contribution is -0.123. The number of carbonyl (C=O) groups is 1. The third kappa shape index (κ3) is 10.2. The summed E-state index contributed by atoms with van der Waals surface area (Å²) < 4.78 is 16.5. The summed E-state index contributed by atoms with van der Waals surface area (Å²) in [4.78, 5) is 11.0. The zero-order valence-corrected chi connectivity index (χ0v) is 15.9. The average molecular weight is 351 g/mol. The summed E-state index contributed by atoms with van der Waals surface area (Å²) in [5.74, 6) is 1.03. The van der Waals surface area contributed by atoms with Crippen molar-refractivity contribution in [1.82, 2.24) is 5.32 Å². The molecule has 1 aromatic carbocycles. The molecule has 0 spiro atoms. The molecule has 0 amide bonds. The number of benzene rings is 1. The monoisotopic (exact) mass is 351 g/mol. The second kappa shape index (κ2) is 13.8. The van der Waals surface area contributed by atoms with Crippen LogP contribution >= 0.6 is 0 Å². The van der Waals surface area contributed by atoms with E-state index in [4.69, 9.17) is 14.2 Å². The Morgan fingerprint density at radius 3 is 2.28 bits per heavy atom. The molecule has 0 aliphatic carbocycles. The van der Waals surface area contributed by atoms with E-state index in [9.17, 15) is 4.79 Å². The van der Waals surface area contributed by atoms with Gasteiger partial charge in [0.15, 0.2) is 5.78 Å². The second-order valence-corrected chi connectivity index (χ2v) is 5.96. The van der Waals surface area contributed by atoms with E-state index in [-0.39, 0.29) is 12.4 Å². The van der Waals surface area contributed by atoms with E-state index in [1.165, 1.54) is 5.56 Å². The number of nitrogens with one attached hydrogen (secondary N) is 1. The Bertz CT molecular complexity index is 461. The predicted molar refractivity (Wildman–Crippen MR) is 100 cm³/mol. The molecule has 1 atom stereocenters. The molecule has 0 aliphatic heterocycles. The minimum atomic E-state index is 0.141. The van der Waals surface area contributed by atoms with Gasteiger partial charge in [0, 0.05) is 38.7 Å². The lowest BCUT2D eigenvalue weighted by Crippen LogP contribution is -2.17. The van der Waals surface area contributed by atoms with Gasteiger partial charge in [0.2, 0.25) is 0 Å². The van der Waals surface area contributed by atoms with Gasteiger partial charge in [-0.25, -0.2) is 0 Å². The van der Waals surface area contributed by atoms with Crippen molar-refractivity contribution in [3.8, 4) is 5.75 Å². The van der Waals surface area contributed by atoms with Crippen LogP contribution in [0.15, 0.2) is 24.3 Å². The van der Waals surface area contributed by atoms with E-state index >= 15 is 0 Å². The van der Waals surface area contributed by atoms with E-state index in [0.29, 0.717) is 38.9 Å². The first-order chi connectivity index (χ1) is 12.2. The Hall–Kier alpha value is -1.43. The van der Waals surface area contributed by atoms with Crippen LogP contribution < -0.4 is 10.1 Å². The minimum absolute atomic E-state index is 0.141. The van der Waals surface area contributed by atoms with Crippen molar-refractivity contribution >= 4 is 5.78 Å². The van der Waals surface area contributed by atoms with Gasteiger partial charge < -0.3 is 19.5 Å². The Morgan fingerprint density at radius 2 is 1.64 bits per heavy atom. The zero-order valence-electron chi connectivity index (χ0n) is 15.9. The van der Waals surface area contributed by atoms with Gasteiger partial charge in [-0.15, -0.1) is 0 Å². The highest BCUT2D eigenvalue weighted by Gasteiger charge is 2.03. The number of Topliss-reactive ketones (excluding diaryl/α,β-unsaturated/α-hetero) is 1. The van der Waals surface area contributed by atoms with Crippen LogP contribution in [0.1, 0.15) is 51.6 Å². The van der Waals surface area contributed by atoms with Gasteiger partial charge in [-0.2, -0.15) is 0 Å². The van der Waals surface area contributed by atoms with Gasteiger partial charge in [-0.3, -0.25) is 4.79 Å². The van der Waals surface area contributed by atoms with E-state index < -0.39 is 0 Å². The zero-order chi connectivity index (χ0) is 18.3. The second-order valence-electron chi connectivity index (χ2n) is 5.96. The molecule has 0 fully saturated rings. The van der Waals surface area contributed by atoms with Crippen LogP contribution in [0.2, 0.25) is 0 Å². The summed E-state index contributed by atoms with van der Waals surface area (Å²) in [6.07, 6.45) is 2.20. The molecule has 5 nitrogen and oxygen atoms in total. The van der Waals surface area contributed by atoms with Crippen LogP contribution in [0.25, 0.3) is 0 Å². The number of ketones is 1. The van der Waals surface area contributed by atoms with E-state index in [2.05, 4.69) is 31.3 Å². The van der Waals surface area contributed by atoms with Gasteiger partial charge in [0.25, 0.3) is 0 Å². The first kappa shape index (κ1) is 21.6. The molecule has 142 valence electrons. The molecule has 0 radical (unpaired) electrons. The molecule has 0 unspecified atom stereocenters. The van der Waals surface area contributed by atoms with Crippen LogP contribution in [0.5, 0.6) is 5.75 Å². The van der Waals surface area contributed by atoms with Gasteiger partial charge in [-0.1, -0.05) is 26.0 Å². The molecular weight excluding hydrogens is 318 g/mol. The maximum absolute atomic E-state index is 11.0. The van der Waals surface area contributed by atoms with Crippen molar-refractivity contribution in [3.05, 3.63) is 29.8 Å². The first-order valence-electron chi connectivity index (χ1n) is 9.30. The highest BCUT2D eigenvalue weighted by Crippen LogP contribution is 2.17. The summed E-state index contributed by atoms with van der Waals surface area (Å²) in [7, 11) is 0. The van der Waals surface area contributed by atoms with Crippen molar-refractivity contribution in [1.29, 1.82) is 0 Å². The van der Waals surface area contributed by atoms with Gasteiger partial charge >= 0.3 is 0 Å². The Labute approximate surface area is 152 Å². The highest BCUT2D eigenvalue weighted by molar-refractivity contribution is 5.79. The van der Waals surface area contributed by atoms with Crippen LogP contribution in [0.4, 0.5) is 0 Å². The first-order valence-corrected chi connectivity index (χ1v) is 9.30. The molecular formula is C20H33NO4. The SMILES string of the molecule is CCN[C@H](C)c1ccc(OCCCOCCCOCC(=O)CC)cc1. The maximum atomic E-state index is 11.0.